The van der Waals surface area contributed by atoms with Gasteiger partial charge in [-0.2, -0.15) is 0 Å². The highest BCUT2D eigenvalue weighted by Crippen LogP contribution is 2.36. The van der Waals surface area contributed by atoms with E-state index >= 15 is 0 Å². The molecule has 2 fully saturated rings. The van der Waals surface area contributed by atoms with Gasteiger partial charge in [-0.15, -0.1) is 0 Å². The van der Waals surface area contributed by atoms with Gasteiger partial charge < -0.3 is 19.6 Å². The predicted molar refractivity (Wildman–Crippen MR) is 122 cm³/mol. The van der Waals surface area contributed by atoms with Crippen LogP contribution in [0.25, 0.3) is 10.9 Å². The van der Waals surface area contributed by atoms with Gasteiger partial charge in [0.05, 0.1) is 25.9 Å². The van der Waals surface area contributed by atoms with Crippen molar-refractivity contribution in [3.05, 3.63) is 64.8 Å². The lowest BCUT2D eigenvalue weighted by Gasteiger charge is -2.48. The summed E-state index contributed by atoms with van der Waals surface area (Å²) < 4.78 is 11.6. The highest BCUT2D eigenvalue weighted by atomic mass is 16.5. The average molecular weight is 436 g/mol. The summed E-state index contributed by atoms with van der Waals surface area (Å²) in [5.41, 5.74) is 4.93. The Morgan fingerprint density at radius 1 is 1.25 bits per heavy atom. The molecule has 2 aliphatic heterocycles. The number of aromatic carboxylic acids is 1. The van der Waals surface area contributed by atoms with Gasteiger partial charge in [0.1, 0.15) is 5.75 Å². The van der Waals surface area contributed by atoms with Crippen LogP contribution in [-0.2, 0) is 11.3 Å². The number of H-pyrrole nitrogens is 1. The van der Waals surface area contributed by atoms with Gasteiger partial charge in [0.2, 0.25) is 0 Å². The number of nitrogens with one attached hydrogen (secondary N) is 1. The summed E-state index contributed by atoms with van der Waals surface area (Å²) in [7, 11) is 1.73. The quantitative estimate of drug-likeness (QED) is 0.639. The van der Waals surface area contributed by atoms with E-state index in [0.29, 0.717) is 11.6 Å². The van der Waals surface area contributed by atoms with Crippen LogP contribution in [0.4, 0.5) is 0 Å². The maximum Gasteiger partial charge on any atom is 0.335 e. The van der Waals surface area contributed by atoms with E-state index in [1.165, 1.54) is 10.9 Å². The van der Waals surface area contributed by atoms with Crippen LogP contribution < -0.4 is 4.74 Å². The normalized spacial score (nSPS) is 22.1. The third-order valence-electron chi connectivity index (χ3n) is 6.88. The standard InChI is InChI=1S/C25H29N3O4/c1-16-11-23(31-2)21(20-7-8-26-24(16)20)13-28-12-19-15-32-10-9-27(19)14-22(28)17-3-5-18(6-4-17)25(29)30/h3-8,11,19,22,26H,9-10,12-15H2,1-2H3,(H,29,30). The zero-order chi connectivity index (χ0) is 22.2. The van der Waals surface area contributed by atoms with E-state index in [0.717, 1.165) is 61.8 Å². The molecule has 7 nitrogen and oxygen atoms in total. The lowest BCUT2D eigenvalue weighted by Crippen LogP contribution is -2.58. The van der Waals surface area contributed by atoms with Crippen molar-refractivity contribution in [1.82, 2.24) is 14.8 Å². The number of benzene rings is 2. The monoisotopic (exact) mass is 435 g/mol. The molecule has 7 heteroatoms. The van der Waals surface area contributed by atoms with Gasteiger partial charge >= 0.3 is 5.97 Å². The first-order valence-corrected chi connectivity index (χ1v) is 11.1. The second kappa shape index (κ2) is 8.58. The Bertz CT molecular complexity index is 1120. The molecule has 2 aliphatic rings. The Balaban J connectivity index is 1.52. The molecule has 1 aromatic heterocycles. The van der Waals surface area contributed by atoms with Crippen LogP contribution in [0.5, 0.6) is 5.75 Å². The topological polar surface area (TPSA) is 78.0 Å². The van der Waals surface area contributed by atoms with Crippen LogP contribution in [0.1, 0.15) is 33.1 Å². The fourth-order valence-corrected chi connectivity index (χ4v) is 5.16. The maximum atomic E-state index is 11.3. The van der Waals surface area contributed by atoms with E-state index in [2.05, 4.69) is 33.8 Å². The molecule has 2 saturated heterocycles. The number of rotatable bonds is 5. The Morgan fingerprint density at radius 3 is 2.81 bits per heavy atom. The number of aromatic amines is 1. The van der Waals surface area contributed by atoms with E-state index in [9.17, 15) is 9.90 Å². The number of nitrogens with zero attached hydrogens (tertiary/aromatic N) is 2. The van der Waals surface area contributed by atoms with Gasteiger partial charge in [-0.25, -0.2) is 4.79 Å². The lowest BCUT2D eigenvalue weighted by atomic mass is 9.96. The Labute approximate surface area is 187 Å². The number of carboxylic acids is 1. The second-order valence-corrected chi connectivity index (χ2v) is 8.74. The summed E-state index contributed by atoms with van der Waals surface area (Å²) in [6.45, 7) is 7.05. The molecule has 32 heavy (non-hydrogen) atoms. The molecule has 0 spiro atoms. The fourth-order valence-electron chi connectivity index (χ4n) is 5.16. The summed E-state index contributed by atoms with van der Waals surface area (Å²) in [4.78, 5) is 19.7. The fraction of sp³-hybridized carbons (Fsp3) is 0.400. The zero-order valence-corrected chi connectivity index (χ0v) is 18.5. The summed E-state index contributed by atoms with van der Waals surface area (Å²) in [6.07, 6.45) is 1.98. The van der Waals surface area contributed by atoms with E-state index in [1.54, 1.807) is 19.2 Å². The summed E-state index contributed by atoms with van der Waals surface area (Å²) in [5.74, 6) is 0.00133. The van der Waals surface area contributed by atoms with Crippen molar-refractivity contribution in [3.8, 4) is 5.75 Å². The van der Waals surface area contributed by atoms with Crippen LogP contribution in [-0.4, -0.2) is 71.9 Å². The number of ether oxygens (including phenoxy) is 2. The molecule has 0 amide bonds. The zero-order valence-electron chi connectivity index (χ0n) is 18.5. The lowest BCUT2D eigenvalue weighted by molar-refractivity contribution is -0.0668. The van der Waals surface area contributed by atoms with Crippen molar-refractivity contribution >= 4 is 16.9 Å². The molecule has 3 aromatic rings. The first-order valence-electron chi connectivity index (χ1n) is 11.1. The van der Waals surface area contributed by atoms with Gasteiger partial charge in [-0.05, 0) is 42.3 Å². The molecule has 3 heterocycles. The minimum Gasteiger partial charge on any atom is -0.496 e. The predicted octanol–water partition coefficient (Wildman–Crippen LogP) is 3.44. The summed E-state index contributed by atoms with van der Waals surface area (Å²) in [6, 6.07) is 12.1. The third-order valence-corrected chi connectivity index (χ3v) is 6.88. The molecule has 2 unspecified atom stereocenters. The van der Waals surface area contributed by atoms with E-state index in [-0.39, 0.29) is 6.04 Å². The Morgan fingerprint density at radius 2 is 2.06 bits per heavy atom. The van der Waals surface area contributed by atoms with E-state index in [4.69, 9.17) is 9.47 Å². The summed E-state index contributed by atoms with van der Waals surface area (Å²) >= 11 is 0. The Hall–Kier alpha value is -2.87. The average Bonchev–Trinajstić information content (AvgIpc) is 3.31. The molecule has 0 radical (unpaired) electrons. The number of hydrogen-bond donors (Lipinski definition) is 2. The molecule has 2 N–H and O–H groups in total. The highest BCUT2D eigenvalue weighted by Gasteiger charge is 2.36. The van der Waals surface area contributed by atoms with Gasteiger partial charge in [0.25, 0.3) is 0 Å². The van der Waals surface area contributed by atoms with Crippen molar-refractivity contribution in [1.29, 1.82) is 0 Å². The number of morpholine rings is 1. The van der Waals surface area contributed by atoms with E-state index < -0.39 is 5.97 Å². The highest BCUT2D eigenvalue weighted by molar-refractivity contribution is 5.88. The molecule has 5 rings (SSSR count). The van der Waals surface area contributed by atoms with Crippen molar-refractivity contribution in [2.24, 2.45) is 0 Å². The number of fused-ring (bicyclic) bond motifs is 2. The van der Waals surface area contributed by atoms with Crippen molar-refractivity contribution in [2.75, 3.05) is 40.0 Å². The maximum absolute atomic E-state index is 11.3. The van der Waals surface area contributed by atoms with Crippen LogP contribution in [0.15, 0.2) is 42.6 Å². The number of aromatic nitrogens is 1. The first-order chi connectivity index (χ1) is 15.5. The van der Waals surface area contributed by atoms with Crippen LogP contribution in [0.3, 0.4) is 0 Å². The van der Waals surface area contributed by atoms with Crippen molar-refractivity contribution < 1.29 is 19.4 Å². The SMILES string of the molecule is COc1cc(C)c2[nH]ccc2c1CN1CC2COCCN2CC1c1ccc(C(=O)O)cc1. The van der Waals surface area contributed by atoms with Crippen molar-refractivity contribution in [3.63, 3.8) is 0 Å². The molecule has 2 aromatic carbocycles. The molecule has 168 valence electrons. The number of piperazine rings is 1. The van der Waals surface area contributed by atoms with Crippen LogP contribution in [0.2, 0.25) is 0 Å². The van der Waals surface area contributed by atoms with Gasteiger partial charge in [0.15, 0.2) is 0 Å². The van der Waals surface area contributed by atoms with Crippen LogP contribution in [0, 0.1) is 6.92 Å². The molecule has 0 aliphatic carbocycles. The number of aryl methyl sites for hydroxylation is 1. The van der Waals surface area contributed by atoms with Gasteiger partial charge in [0, 0.05) is 60.9 Å². The third kappa shape index (κ3) is 3.77. The largest absolute Gasteiger partial charge is 0.496 e. The van der Waals surface area contributed by atoms with E-state index in [1.807, 2.05) is 18.3 Å². The molecular weight excluding hydrogens is 406 g/mol. The minimum atomic E-state index is -0.899. The molecule has 0 saturated carbocycles. The Kier molecular flexibility index (Phi) is 5.63. The molecular formula is C25H29N3O4. The number of methoxy groups -OCH3 is 1. The number of hydrogen-bond acceptors (Lipinski definition) is 5. The second-order valence-electron chi connectivity index (χ2n) is 8.74. The van der Waals surface area contributed by atoms with Crippen LogP contribution >= 0.6 is 0 Å². The van der Waals surface area contributed by atoms with Gasteiger partial charge in [-0.3, -0.25) is 9.80 Å². The first kappa shape index (κ1) is 21.0. The molecule has 0 bridgehead atoms. The summed E-state index contributed by atoms with van der Waals surface area (Å²) in [5, 5.41) is 10.5. The van der Waals surface area contributed by atoms with Gasteiger partial charge in [-0.1, -0.05) is 12.1 Å². The molecule has 2 atom stereocenters. The van der Waals surface area contributed by atoms with Crippen molar-refractivity contribution in [2.45, 2.75) is 25.6 Å². The number of carbonyl (C=O) groups is 1. The minimum absolute atomic E-state index is 0.159. The smallest absolute Gasteiger partial charge is 0.335 e. The number of carboxylic acid groups (broad SMARTS) is 1.